The van der Waals surface area contributed by atoms with Crippen molar-refractivity contribution in [1.82, 2.24) is 0 Å². The van der Waals surface area contributed by atoms with E-state index in [0.29, 0.717) is 12.8 Å². The molecule has 0 saturated carbocycles. The molecular weight excluding hydrogens is 242 g/mol. The Kier molecular flexibility index (Phi) is 4.71. The molecule has 1 aliphatic rings. The largest absolute Gasteiger partial charge is 0.505 e. The Bertz CT molecular complexity index is 446. The van der Waals surface area contributed by atoms with Crippen molar-refractivity contribution in [1.29, 1.82) is 5.39 Å². The van der Waals surface area contributed by atoms with E-state index in [-0.39, 0.29) is 11.4 Å². The average molecular weight is 264 g/mol. The third kappa shape index (κ3) is 3.57. The molecule has 1 unspecified atom stereocenters. The van der Waals surface area contributed by atoms with Crippen LogP contribution < -0.4 is 0 Å². The SMILES string of the molecule is C=CCCCC(C)(C1=NOC(C)(C)C1)/C(O)=C\[N+]#N. The van der Waals surface area contributed by atoms with Crippen LogP contribution in [0.3, 0.4) is 0 Å². The topological polar surface area (TPSA) is 70.0 Å². The van der Waals surface area contributed by atoms with Crippen LogP contribution in [0.25, 0.3) is 4.98 Å². The first-order valence-electron chi connectivity index (χ1n) is 6.46. The number of oxime groups is 1. The van der Waals surface area contributed by atoms with Gasteiger partial charge in [-0.05, 0) is 40.0 Å². The molecule has 0 aliphatic carbocycles. The van der Waals surface area contributed by atoms with Gasteiger partial charge in [-0.15, -0.1) is 6.58 Å². The summed E-state index contributed by atoms with van der Waals surface area (Å²) in [5, 5.41) is 22.9. The number of nitrogens with zero attached hydrogens (tertiary/aromatic N) is 3. The lowest BCUT2D eigenvalue weighted by molar-refractivity contribution is 0.0123. The number of hydrogen-bond donors (Lipinski definition) is 1. The number of aliphatic hydroxyl groups excluding tert-OH is 1. The van der Waals surface area contributed by atoms with Crippen LogP contribution in [0.1, 0.15) is 46.5 Å². The van der Waals surface area contributed by atoms with Gasteiger partial charge in [0.1, 0.15) is 5.60 Å². The summed E-state index contributed by atoms with van der Waals surface area (Å²) in [6, 6.07) is 0. The van der Waals surface area contributed by atoms with Gasteiger partial charge in [-0.1, -0.05) is 11.2 Å². The van der Waals surface area contributed by atoms with Crippen LogP contribution in [0.5, 0.6) is 0 Å². The third-order valence-corrected chi connectivity index (χ3v) is 3.46. The fraction of sp³-hybridized carbons (Fsp3) is 0.643. The van der Waals surface area contributed by atoms with E-state index in [1.54, 1.807) is 0 Å². The molecule has 0 aromatic rings. The van der Waals surface area contributed by atoms with Gasteiger partial charge in [0.15, 0.2) is 10.7 Å². The first-order valence-corrected chi connectivity index (χ1v) is 6.46. The minimum absolute atomic E-state index is 0.000822. The Labute approximate surface area is 114 Å². The molecule has 0 aromatic heterocycles. The molecule has 104 valence electrons. The average Bonchev–Trinajstić information content (AvgIpc) is 2.70. The second kappa shape index (κ2) is 5.87. The van der Waals surface area contributed by atoms with Gasteiger partial charge in [0.05, 0.1) is 11.1 Å². The number of rotatable bonds is 6. The Morgan fingerprint density at radius 1 is 1.68 bits per heavy atom. The van der Waals surface area contributed by atoms with Gasteiger partial charge in [0, 0.05) is 6.42 Å². The maximum atomic E-state index is 10.1. The second-order valence-electron chi connectivity index (χ2n) is 5.71. The molecule has 19 heavy (non-hydrogen) atoms. The molecule has 1 N–H and O–H groups in total. The van der Waals surface area contributed by atoms with Crippen molar-refractivity contribution in [3.8, 4) is 0 Å². The van der Waals surface area contributed by atoms with Gasteiger partial charge < -0.3 is 9.94 Å². The summed E-state index contributed by atoms with van der Waals surface area (Å²) in [6.45, 7) is 9.48. The number of diazo groups is 1. The molecule has 0 amide bonds. The summed E-state index contributed by atoms with van der Waals surface area (Å²) in [4.78, 5) is 8.28. The Morgan fingerprint density at radius 2 is 2.37 bits per heavy atom. The molecule has 1 aliphatic heterocycles. The van der Waals surface area contributed by atoms with Crippen LogP contribution in [-0.2, 0) is 4.84 Å². The third-order valence-electron chi connectivity index (χ3n) is 3.46. The predicted octanol–water partition coefficient (Wildman–Crippen LogP) is 4.16. The molecule has 0 spiro atoms. The van der Waals surface area contributed by atoms with Gasteiger partial charge in [-0.25, -0.2) is 0 Å². The minimum atomic E-state index is -0.664. The highest BCUT2D eigenvalue weighted by molar-refractivity contribution is 5.93. The van der Waals surface area contributed by atoms with Crippen molar-refractivity contribution in [3.05, 3.63) is 29.6 Å². The maximum Gasteiger partial charge on any atom is 0.388 e. The molecule has 1 atom stereocenters. The highest BCUT2D eigenvalue weighted by atomic mass is 16.7. The number of allylic oxidation sites excluding steroid dienone is 2. The summed E-state index contributed by atoms with van der Waals surface area (Å²) in [5.74, 6) is -0.000822. The lowest BCUT2D eigenvalue weighted by Gasteiger charge is -2.26. The minimum Gasteiger partial charge on any atom is -0.505 e. The van der Waals surface area contributed by atoms with Crippen molar-refractivity contribution in [2.24, 2.45) is 10.6 Å². The maximum absolute atomic E-state index is 10.1. The van der Waals surface area contributed by atoms with Crippen LogP contribution in [0.2, 0.25) is 0 Å². The fourth-order valence-electron chi connectivity index (χ4n) is 2.16. The summed E-state index contributed by atoms with van der Waals surface area (Å²) < 4.78 is 0. The van der Waals surface area contributed by atoms with E-state index in [2.05, 4.69) is 16.7 Å². The zero-order valence-electron chi connectivity index (χ0n) is 11.9. The van der Waals surface area contributed by atoms with Crippen LogP contribution in [-0.4, -0.2) is 16.4 Å². The Balaban J connectivity index is 2.96. The van der Waals surface area contributed by atoms with E-state index in [1.165, 1.54) is 0 Å². The molecule has 0 radical (unpaired) electrons. The summed E-state index contributed by atoms with van der Waals surface area (Å²) in [6.07, 6.45) is 5.95. The van der Waals surface area contributed by atoms with E-state index in [9.17, 15) is 5.11 Å². The molecule has 5 heteroatoms. The highest BCUT2D eigenvalue weighted by Crippen LogP contribution is 2.40. The molecule has 0 bridgehead atoms. The Morgan fingerprint density at radius 3 is 2.84 bits per heavy atom. The molecule has 1 heterocycles. The van der Waals surface area contributed by atoms with Crippen molar-refractivity contribution < 1.29 is 9.94 Å². The van der Waals surface area contributed by atoms with Gasteiger partial charge in [0.2, 0.25) is 5.39 Å². The molecular formula is C14H22N3O2+. The van der Waals surface area contributed by atoms with E-state index in [0.717, 1.165) is 24.8 Å². The fourth-order valence-corrected chi connectivity index (χ4v) is 2.16. The number of unbranched alkanes of at least 4 members (excludes halogenated alkanes) is 1. The lowest BCUT2D eigenvalue weighted by atomic mass is 9.75. The standard InChI is InChI=1S/C14H21N3O2/c1-5-6-7-8-14(4,12(18)10-16-15)11-9-13(2,3)19-17-11/h5,10H,1,6-9H2,2-4H3/p+1/b12-10+. The van der Waals surface area contributed by atoms with Crippen molar-refractivity contribution >= 4 is 5.71 Å². The number of hydrogen-bond acceptors (Lipinski definition) is 4. The number of aliphatic hydroxyl groups is 1. The van der Waals surface area contributed by atoms with Crippen LogP contribution in [0.15, 0.2) is 29.8 Å². The zero-order valence-corrected chi connectivity index (χ0v) is 11.9. The van der Waals surface area contributed by atoms with Gasteiger partial charge in [-0.2, -0.15) is 0 Å². The van der Waals surface area contributed by atoms with Crippen molar-refractivity contribution in [2.75, 3.05) is 0 Å². The van der Waals surface area contributed by atoms with Crippen molar-refractivity contribution in [2.45, 2.75) is 52.1 Å². The Hall–Kier alpha value is -1.83. The van der Waals surface area contributed by atoms with Crippen LogP contribution in [0.4, 0.5) is 0 Å². The molecule has 0 saturated heterocycles. The summed E-state index contributed by atoms with van der Waals surface area (Å²) in [7, 11) is 0. The molecule has 5 nitrogen and oxygen atoms in total. The highest BCUT2D eigenvalue weighted by Gasteiger charge is 2.43. The monoisotopic (exact) mass is 264 g/mol. The second-order valence-corrected chi connectivity index (χ2v) is 5.71. The van der Waals surface area contributed by atoms with Crippen molar-refractivity contribution in [3.63, 3.8) is 0 Å². The van der Waals surface area contributed by atoms with Crippen LogP contribution in [0, 0.1) is 10.8 Å². The van der Waals surface area contributed by atoms with Gasteiger partial charge in [-0.3, -0.25) is 0 Å². The van der Waals surface area contributed by atoms with E-state index in [4.69, 9.17) is 10.2 Å². The van der Waals surface area contributed by atoms with E-state index >= 15 is 0 Å². The first-order chi connectivity index (χ1) is 8.85. The normalized spacial score (nSPS) is 20.9. The zero-order chi connectivity index (χ0) is 14.5. The van der Waals surface area contributed by atoms with E-state index < -0.39 is 5.41 Å². The predicted molar refractivity (Wildman–Crippen MR) is 75.2 cm³/mol. The molecule has 0 aromatic carbocycles. The smallest absolute Gasteiger partial charge is 0.388 e. The van der Waals surface area contributed by atoms with Gasteiger partial charge >= 0.3 is 6.20 Å². The molecule has 0 fully saturated rings. The first kappa shape index (κ1) is 15.2. The molecule has 1 rings (SSSR count). The van der Waals surface area contributed by atoms with E-state index in [1.807, 2.05) is 26.8 Å². The van der Waals surface area contributed by atoms with Crippen LogP contribution >= 0.6 is 0 Å². The lowest BCUT2D eigenvalue weighted by Crippen LogP contribution is -2.32. The van der Waals surface area contributed by atoms with Gasteiger partial charge in [0.25, 0.3) is 0 Å². The quantitative estimate of drug-likeness (QED) is 0.339. The summed E-state index contributed by atoms with van der Waals surface area (Å²) in [5.41, 5.74) is -0.242. The summed E-state index contributed by atoms with van der Waals surface area (Å²) >= 11 is 0.